The van der Waals surface area contributed by atoms with Gasteiger partial charge in [0.2, 0.25) is 5.88 Å². The second-order valence-corrected chi connectivity index (χ2v) is 4.41. The molecule has 1 aromatic carbocycles. The Labute approximate surface area is 111 Å². The van der Waals surface area contributed by atoms with Crippen molar-refractivity contribution >= 4 is 0 Å². The third-order valence-corrected chi connectivity index (χ3v) is 3.27. The average molecular weight is 257 g/mol. The minimum absolute atomic E-state index is 0.341. The first-order valence-corrected chi connectivity index (χ1v) is 6.17. The highest BCUT2D eigenvalue weighted by molar-refractivity contribution is 5.47. The summed E-state index contributed by atoms with van der Waals surface area (Å²) >= 11 is 0. The van der Waals surface area contributed by atoms with Gasteiger partial charge in [0.1, 0.15) is 5.75 Å². The summed E-state index contributed by atoms with van der Waals surface area (Å²) in [5, 5.41) is 8.04. The van der Waals surface area contributed by atoms with Gasteiger partial charge in [-0.2, -0.15) is 0 Å². The lowest BCUT2D eigenvalue weighted by atomic mass is 10.00. The number of fused-ring (bicyclic) bond motifs is 1. The van der Waals surface area contributed by atoms with Crippen LogP contribution in [0.25, 0.3) is 0 Å². The van der Waals surface area contributed by atoms with Crippen LogP contribution in [0, 0.1) is 0 Å². The van der Waals surface area contributed by atoms with Gasteiger partial charge >= 0.3 is 0 Å². The first-order chi connectivity index (χ1) is 9.29. The molecule has 0 saturated carbocycles. The van der Waals surface area contributed by atoms with Gasteiger partial charge in [-0.05, 0) is 11.6 Å². The molecule has 0 aliphatic carbocycles. The van der Waals surface area contributed by atoms with Gasteiger partial charge in [-0.25, -0.2) is 0 Å². The highest BCUT2D eigenvalue weighted by atomic mass is 16.5. The molecule has 0 radical (unpaired) electrons. The molecule has 1 aliphatic rings. The smallest absolute Gasteiger partial charge is 0.233 e. The highest BCUT2D eigenvalue weighted by Gasteiger charge is 2.21. The standard InChI is InChI=1S/C14H15N3O2/c1-18-12-6-5-11(16-17-12)13(15)10-4-2-3-9-7-8-19-14(9)10/h2-6,13H,7-8,15H2,1H3. The van der Waals surface area contributed by atoms with Gasteiger partial charge in [0.25, 0.3) is 0 Å². The minimum Gasteiger partial charge on any atom is -0.493 e. The number of para-hydroxylation sites is 1. The number of methoxy groups -OCH3 is 1. The van der Waals surface area contributed by atoms with Gasteiger partial charge in [0.15, 0.2) is 0 Å². The SMILES string of the molecule is COc1ccc(C(N)c2cccc3c2OCC3)nn1. The van der Waals surface area contributed by atoms with E-state index < -0.39 is 0 Å². The van der Waals surface area contributed by atoms with E-state index >= 15 is 0 Å². The van der Waals surface area contributed by atoms with Crippen LogP contribution in [0.3, 0.4) is 0 Å². The van der Waals surface area contributed by atoms with Crippen molar-refractivity contribution in [3.05, 3.63) is 47.2 Å². The first-order valence-electron chi connectivity index (χ1n) is 6.17. The maximum Gasteiger partial charge on any atom is 0.233 e. The molecule has 2 N–H and O–H groups in total. The van der Waals surface area contributed by atoms with Gasteiger partial charge < -0.3 is 15.2 Å². The van der Waals surface area contributed by atoms with Crippen molar-refractivity contribution in [3.63, 3.8) is 0 Å². The molecule has 1 aliphatic heterocycles. The quantitative estimate of drug-likeness (QED) is 0.901. The summed E-state index contributed by atoms with van der Waals surface area (Å²) in [7, 11) is 1.56. The normalized spacial score (nSPS) is 14.6. The predicted molar refractivity (Wildman–Crippen MR) is 70.3 cm³/mol. The molecule has 0 spiro atoms. The number of aromatic nitrogens is 2. The van der Waals surface area contributed by atoms with Crippen molar-refractivity contribution in [2.75, 3.05) is 13.7 Å². The van der Waals surface area contributed by atoms with Crippen LogP contribution in [0.2, 0.25) is 0 Å². The van der Waals surface area contributed by atoms with Gasteiger partial charge in [0, 0.05) is 18.1 Å². The number of hydrogen-bond acceptors (Lipinski definition) is 5. The Morgan fingerprint density at radius 1 is 1.26 bits per heavy atom. The molecule has 0 amide bonds. The van der Waals surface area contributed by atoms with Crippen molar-refractivity contribution in [1.29, 1.82) is 0 Å². The molecule has 5 nitrogen and oxygen atoms in total. The fourth-order valence-electron chi connectivity index (χ4n) is 2.25. The molecule has 1 unspecified atom stereocenters. The third-order valence-electron chi connectivity index (χ3n) is 3.27. The lowest BCUT2D eigenvalue weighted by Crippen LogP contribution is -2.15. The Bertz CT molecular complexity index is 584. The maximum absolute atomic E-state index is 6.26. The largest absolute Gasteiger partial charge is 0.493 e. The average Bonchev–Trinajstić information content (AvgIpc) is 2.95. The summed E-state index contributed by atoms with van der Waals surface area (Å²) in [4.78, 5) is 0. The molecule has 1 atom stereocenters. The number of benzene rings is 1. The van der Waals surface area contributed by atoms with Crippen LogP contribution in [-0.2, 0) is 6.42 Å². The maximum atomic E-state index is 6.26. The number of ether oxygens (including phenoxy) is 2. The monoisotopic (exact) mass is 257 g/mol. The fraction of sp³-hybridized carbons (Fsp3) is 0.286. The van der Waals surface area contributed by atoms with Crippen LogP contribution in [0.5, 0.6) is 11.6 Å². The molecule has 0 saturated heterocycles. The lowest BCUT2D eigenvalue weighted by Gasteiger charge is -2.14. The number of rotatable bonds is 3. The zero-order valence-corrected chi connectivity index (χ0v) is 10.7. The van der Waals surface area contributed by atoms with Gasteiger partial charge in [-0.3, -0.25) is 0 Å². The molecule has 2 heterocycles. The molecule has 3 rings (SSSR count). The van der Waals surface area contributed by atoms with Crippen LogP contribution in [-0.4, -0.2) is 23.9 Å². The Morgan fingerprint density at radius 3 is 2.89 bits per heavy atom. The van der Waals surface area contributed by atoms with Crippen LogP contribution in [0.15, 0.2) is 30.3 Å². The van der Waals surface area contributed by atoms with Crippen molar-refractivity contribution in [3.8, 4) is 11.6 Å². The van der Waals surface area contributed by atoms with Crippen molar-refractivity contribution in [2.24, 2.45) is 5.73 Å². The zero-order chi connectivity index (χ0) is 13.2. The molecular formula is C14H15N3O2. The zero-order valence-electron chi connectivity index (χ0n) is 10.7. The van der Waals surface area contributed by atoms with Crippen LogP contribution < -0.4 is 15.2 Å². The Hall–Kier alpha value is -2.14. The predicted octanol–water partition coefficient (Wildman–Crippen LogP) is 1.47. The van der Waals surface area contributed by atoms with E-state index in [1.165, 1.54) is 5.56 Å². The van der Waals surface area contributed by atoms with Crippen molar-refractivity contribution in [1.82, 2.24) is 10.2 Å². The van der Waals surface area contributed by atoms with Crippen molar-refractivity contribution in [2.45, 2.75) is 12.5 Å². The molecule has 98 valence electrons. The van der Waals surface area contributed by atoms with E-state index in [-0.39, 0.29) is 6.04 Å². The van der Waals surface area contributed by atoms with Crippen molar-refractivity contribution < 1.29 is 9.47 Å². The number of nitrogens with two attached hydrogens (primary N) is 1. The van der Waals surface area contributed by atoms with E-state index in [4.69, 9.17) is 15.2 Å². The van der Waals surface area contributed by atoms with Crippen LogP contribution >= 0.6 is 0 Å². The lowest BCUT2D eigenvalue weighted by molar-refractivity contribution is 0.352. The topological polar surface area (TPSA) is 70.3 Å². The summed E-state index contributed by atoms with van der Waals surface area (Å²) in [6.45, 7) is 0.716. The molecule has 0 fully saturated rings. The van der Waals surface area contributed by atoms with E-state index in [0.29, 0.717) is 18.2 Å². The Morgan fingerprint density at radius 2 is 2.16 bits per heavy atom. The van der Waals surface area contributed by atoms with Gasteiger partial charge in [0.05, 0.1) is 25.5 Å². The second kappa shape index (κ2) is 4.85. The van der Waals surface area contributed by atoms with Crippen LogP contribution in [0.4, 0.5) is 0 Å². The number of hydrogen-bond donors (Lipinski definition) is 1. The molecule has 1 aromatic heterocycles. The van der Waals surface area contributed by atoms with E-state index in [1.54, 1.807) is 13.2 Å². The summed E-state index contributed by atoms with van der Waals surface area (Å²) < 4.78 is 10.7. The Balaban J connectivity index is 1.95. The van der Waals surface area contributed by atoms with E-state index in [1.807, 2.05) is 18.2 Å². The molecule has 2 aromatic rings. The summed E-state index contributed by atoms with van der Waals surface area (Å²) in [6.07, 6.45) is 0.935. The Kier molecular flexibility index (Phi) is 3.05. The molecular weight excluding hydrogens is 242 g/mol. The van der Waals surface area contributed by atoms with Gasteiger partial charge in [-0.1, -0.05) is 18.2 Å². The number of nitrogens with zero attached hydrogens (tertiary/aromatic N) is 2. The summed E-state index contributed by atoms with van der Waals surface area (Å²) in [6, 6.07) is 9.28. The third kappa shape index (κ3) is 2.13. The van der Waals surface area contributed by atoms with E-state index in [9.17, 15) is 0 Å². The van der Waals surface area contributed by atoms with Crippen LogP contribution in [0.1, 0.15) is 22.9 Å². The van der Waals surface area contributed by atoms with Gasteiger partial charge in [-0.15, -0.1) is 10.2 Å². The summed E-state index contributed by atoms with van der Waals surface area (Å²) in [5.41, 5.74) is 9.11. The molecule has 0 bridgehead atoms. The molecule has 5 heteroatoms. The minimum atomic E-state index is -0.341. The van der Waals surface area contributed by atoms with E-state index in [2.05, 4.69) is 16.3 Å². The highest BCUT2D eigenvalue weighted by Crippen LogP contribution is 2.34. The van der Waals surface area contributed by atoms with E-state index in [0.717, 1.165) is 17.7 Å². The fourth-order valence-corrected chi connectivity index (χ4v) is 2.25. The second-order valence-electron chi connectivity index (χ2n) is 4.41. The first kappa shape index (κ1) is 11.9. The summed E-state index contributed by atoms with van der Waals surface area (Å²) in [5.74, 6) is 1.37. The molecule has 19 heavy (non-hydrogen) atoms.